The third-order valence-corrected chi connectivity index (χ3v) is 8.55. The lowest BCUT2D eigenvalue weighted by atomic mass is 9.85. The van der Waals surface area contributed by atoms with Crippen molar-refractivity contribution in [3.8, 4) is 0 Å². The molecular weight excluding hydrogens is 530 g/mol. The number of amides is 4. The number of nitrogens with zero attached hydrogens (tertiary/aromatic N) is 3. The van der Waals surface area contributed by atoms with Gasteiger partial charge in [0.05, 0.1) is 6.42 Å². The van der Waals surface area contributed by atoms with Gasteiger partial charge in [-0.05, 0) is 55.5 Å². The maximum atomic E-state index is 14.2. The molecule has 3 N–H and O–H groups in total. The third kappa shape index (κ3) is 5.66. The van der Waals surface area contributed by atoms with Crippen molar-refractivity contribution in [2.75, 3.05) is 24.5 Å². The first-order valence-corrected chi connectivity index (χ1v) is 14.3. The molecule has 5 rings (SSSR count). The van der Waals surface area contributed by atoms with Crippen LogP contribution in [0.4, 0.5) is 5.69 Å². The number of piperidine rings is 1. The number of anilines is 1. The number of carbonyl (C=O) groups is 4. The Hall–Kier alpha value is -3.59. The summed E-state index contributed by atoms with van der Waals surface area (Å²) < 4.78 is 0. The molecule has 4 amide bonds. The Morgan fingerprint density at radius 1 is 0.975 bits per heavy atom. The van der Waals surface area contributed by atoms with Gasteiger partial charge in [-0.15, -0.1) is 0 Å². The van der Waals surface area contributed by atoms with Gasteiger partial charge < -0.3 is 25.8 Å². The zero-order valence-electron chi connectivity index (χ0n) is 22.4. The standard InChI is InChI=1S/C30H35ClN5O4/c31-22-13-11-21(12-14-22)19-26(38)34-17-15-30(16-18-34)29(40)35(20-25(37)33-23-7-3-1-4-8-23)28(27(32)39)36(30)24-9-5-2-6-10-24/h2,5-6,9-14,19,23,28H,1,3-4,7-8,15-18,20H2,(H2,32,39)(H,33,37)/t28-/m1/s1. The van der Waals surface area contributed by atoms with Crippen LogP contribution in [0.15, 0.2) is 54.6 Å². The predicted molar refractivity (Wildman–Crippen MR) is 152 cm³/mol. The van der Waals surface area contributed by atoms with E-state index in [2.05, 4.69) is 5.32 Å². The van der Waals surface area contributed by atoms with Crippen LogP contribution in [0.1, 0.15) is 50.5 Å². The number of halogens is 1. The Bertz CT molecular complexity index is 1240. The van der Waals surface area contributed by atoms with Crippen LogP contribution in [0.25, 0.3) is 0 Å². The molecule has 0 aromatic heterocycles. The van der Waals surface area contributed by atoms with E-state index in [1.165, 1.54) is 4.90 Å². The number of nitrogens with two attached hydrogens (primary N) is 1. The quantitative estimate of drug-likeness (QED) is 0.536. The van der Waals surface area contributed by atoms with Crippen LogP contribution in [0, 0.1) is 6.42 Å². The summed E-state index contributed by atoms with van der Waals surface area (Å²) in [6.45, 7) is 0.373. The maximum absolute atomic E-state index is 14.2. The molecule has 9 nitrogen and oxygen atoms in total. The number of hydrogen-bond acceptors (Lipinski definition) is 5. The Kier molecular flexibility index (Phi) is 8.30. The second-order valence-electron chi connectivity index (χ2n) is 10.9. The van der Waals surface area contributed by atoms with Crippen LogP contribution in [-0.4, -0.2) is 70.8 Å². The van der Waals surface area contributed by atoms with Crippen molar-refractivity contribution < 1.29 is 19.2 Å². The van der Waals surface area contributed by atoms with Gasteiger partial charge in [0.1, 0.15) is 12.1 Å². The number of nitrogens with one attached hydrogen (secondary N) is 1. The van der Waals surface area contributed by atoms with E-state index in [1.54, 1.807) is 40.5 Å². The van der Waals surface area contributed by atoms with Crippen molar-refractivity contribution in [3.05, 3.63) is 71.6 Å². The predicted octanol–water partition coefficient (Wildman–Crippen LogP) is 2.86. The van der Waals surface area contributed by atoms with E-state index < -0.39 is 17.6 Å². The molecule has 2 aliphatic heterocycles. The minimum atomic E-state index is -1.12. The number of benzene rings is 2. The zero-order valence-corrected chi connectivity index (χ0v) is 23.2. The summed E-state index contributed by atoms with van der Waals surface area (Å²) in [5.74, 6) is -1.47. The van der Waals surface area contributed by atoms with E-state index in [1.807, 2.05) is 30.3 Å². The molecule has 1 saturated carbocycles. The van der Waals surface area contributed by atoms with Crippen LogP contribution in [-0.2, 0) is 19.2 Å². The summed E-state index contributed by atoms with van der Waals surface area (Å²) in [5.41, 5.74) is 6.21. The summed E-state index contributed by atoms with van der Waals surface area (Å²) >= 11 is 5.96. The number of para-hydroxylation sites is 1. The zero-order chi connectivity index (χ0) is 28.3. The molecule has 2 heterocycles. The molecule has 2 aromatic rings. The molecule has 1 atom stereocenters. The summed E-state index contributed by atoms with van der Waals surface area (Å²) in [6, 6.07) is 16.3. The van der Waals surface area contributed by atoms with Crippen molar-refractivity contribution >= 4 is 40.9 Å². The van der Waals surface area contributed by atoms with Gasteiger partial charge in [0.15, 0.2) is 6.17 Å². The first-order valence-electron chi connectivity index (χ1n) is 13.9. The molecule has 1 aliphatic carbocycles. The molecule has 10 heteroatoms. The molecular formula is C30H35ClN5O4. The Labute approximate surface area is 239 Å². The normalized spacial score (nSPS) is 21.1. The number of likely N-dealkylation sites (tertiary alicyclic amines) is 1. The highest BCUT2D eigenvalue weighted by Crippen LogP contribution is 2.42. The molecule has 2 saturated heterocycles. The third-order valence-electron chi connectivity index (χ3n) is 8.30. The summed E-state index contributed by atoms with van der Waals surface area (Å²) in [5, 5.41) is 3.64. The second kappa shape index (κ2) is 11.9. The average molecular weight is 565 g/mol. The minimum Gasteiger partial charge on any atom is -0.366 e. The highest BCUT2D eigenvalue weighted by atomic mass is 35.5. The molecule has 1 spiro atoms. The summed E-state index contributed by atoms with van der Waals surface area (Å²) in [6.07, 6.45) is 6.14. The number of primary amides is 1. The fraction of sp³-hybridized carbons (Fsp3) is 0.433. The van der Waals surface area contributed by atoms with Crippen molar-refractivity contribution in [3.63, 3.8) is 0 Å². The molecule has 0 bridgehead atoms. The molecule has 3 fully saturated rings. The van der Waals surface area contributed by atoms with Crippen molar-refractivity contribution in [1.82, 2.24) is 15.1 Å². The Morgan fingerprint density at radius 2 is 1.62 bits per heavy atom. The number of hydrogen-bond donors (Lipinski definition) is 2. The lowest BCUT2D eigenvalue weighted by molar-refractivity contribution is -0.141. The summed E-state index contributed by atoms with van der Waals surface area (Å²) in [7, 11) is 0. The maximum Gasteiger partial charge on any atom is 0.261 e. The molecule has 211 valence electrons. The fourth-order valence-electron chi connectivity index (χ4n) is 6.29. The largest absolute Gasteiger partial charge is 0.366 e. The van der Waals surface area contributed by atoms with E-state index in [9.17, 15) is 19.2 Å². The fourth-order valence-corrected chi connectivity index (χ4v) is 6.42. The van der Waals surface area contributed by atoms with E-state index in [-0.39, 0.29) is 30.3 Å². The van der Waals surface area contributed by atoms with Gasteiger partial charge in [0.25, 0.3) is 11.8 Å². The molecule has 3 aliphatic rings. The first kappa shape index (κ1) is 28.0. The van der Waals surface area contributed by atoms with Gasteiger partial charge in [-0.3, -0.25) is 19.2 Å². The smallest absolute Gasteiger partial charge is 0.261 e. The lowest BCUT2D eigenvalue weighted by Gasteiger charge is -2.44. The number of carbonyl (C=O) groups excluding carboxylic acids is 4. The van der Waals surface area contributed by atoms with Gasteiger partial charge in [0.2, 0.25) is 11.8 Å². The highest BCUT2D eigenvalue weighted by molar-refractivity contribution is 6.30. The van der Waals surface area contributed by atoms with Crippen LogP contribution < -0.4 is 16.0 Å². The molecule has 2 aromatic carbocycles. The average Bonchev–Trinajstić information content (AvgIpc) is 3.18. The first-order chi connectivity index (χ1) is 19.3. The van der Waals surface area contributed by atoms with Gasteiger partial charge in [-0.1, -0.05) is 61.2 Å². The Balaban J connectivity index is 1.37. The number of rotatable bonds is 7. The van der Waals surface area contributed by atoms with Crippen LogP contribution in [0.5, 0.6) is 0 Å². The summed E-state index contributed by atoms with van der Waals surface area (Å²) in [4.78, 5) is 58.0. The SMILES string of the molecule is NC(=O)[C@@H]1N(CC(=O)NC2CCCCC2)C(=O)C2(CCN(C(=O)[CH]c3ccc(Cl)cc3)CC2)N1c1ccccc1. The monoisotopic (exact) mass is 564 g/mol. The van der Waals surface area contributed by atoms with E-state index >= 15 is 0 Å². The molecule has 0 unspecified atom stereocenters. The van der Waals surface area contributed by atoms with Crippen molar-refractivity contribution in [2.24, 2.45) is 5.73 Å². The minimum absolute atomic E-state index is 0.0799. The van der Waals surface area contributed by atoms with Gasteiger partial charge in [-0.2, -0.15) is 0 Å². The van der Waals surface area contributed by atoms with Crippen LogP contribution in [0.3, 0.4) is 0 Å². The van der Waals surface area contributed by atoms with Crippen molar-refractivity contribution in [2.45, 2.75) is 62.7 Å². The van der Waals surface area contributed by atoms with Crippen molar-refractivity contribution in [1.29, 1.82) is 0 Å². The van der Waals surface area contributed by atoms with E-state index in [4.69, 9.17) is 17.3 Å². The Morgan fingerprint density at radius 3 is 2.25 bits per heavy atom. The van der Waals surface area contributed by atoms with E-state index in [0.29, 0.717) is 36.6 Å². The molecule has 40 heavy (non-hydrogen) atoms. The van der Waals surface area contributed by atoms with Gasteiger partial charge in [0, 0.05) is 29.8 Å². The highest BCUT2D eigenvalue weighted by Gasteiger charge is 2.60. The van der Waals surface area contributed by atoms with Crippen LogP contribution in [0.2, 0.25) is 5.02 Å². The van der Waals surface area contributed by atoms with Gasteiger partial charge >= 0.3 is 0 Å². The lowest BCUT2D eigenvalue weighted by Crippen LogP contribution is -2.59. The van der Waals surface area contributed by atoms with Gasteiger partial charge in [-0.25, -0.2) is 0 Å². The van der Waals surface area contributed by atoms with Crippen LogP contribution >= 0.6 is 11.6 Å². The topological polar surface area (TPSA) is 116 Å². The second-order valence-corrected chi connectivity index (χ2v) is 11.3. The van der Waals surface area contributed by atoms with E-state index in [0.717, 1.165) is 37.7 Å². The molecule has 1 radical (unpaired) electrons.